The van der Waals surface area contributed by atoms with E-state index in [-0.39, 0.29) is 12.6 Å². The van der Waals surface area contributed by atoms with Gasteiger partial charge in [-0.2, -0.15) is 0 Å². The van der Waals surface area contributed by atoms with Crippen LogP contribution in [0, 0.1) is 5.92 Å². The number of nitrogens with zero attached hydrogens (tertiary/aromatic N) is 2. The predicted molar refractivity (Wildman–Crippen MR) is 129 cm³/mol. The molecule has 3 heterocycles. The second kappa shape index (κ2) is 7.25. The van der Waals surface area contributed by atoms with Crippen LogP contribution in [0.5, 0.6) is 11.5 Å². The van der Waals surface area contributed by atoms with E-state index in [1.807, 2.05) is 42.5 Å². The molecule has 3 aromatic carbocycles. The van der Waals surface area contributed by atoms with Gasteiger partial charge in [-0.15, -0.1) is 0 Å². The number of ketones is 1. The first-order valence-corrected chi connectivity index (χ1v) is 11.7. The van der Waals surface area contributed by atoms with Gasteiger partial charge in [-0.05, 0) is 37.0 Å². The Morgan fingerprint density at radius 2 is 1.91 bits per heavy atom. The highest BCUT2D eigenvalue weighted by Crippen LogP contribution is 2.47. The molecule has 4 aromatic rings. The summed E-state index contributed by atoms with van der Waals surface area (Å²) in [6.45, 7) is 4.40. The van der Waals surface area contributed by atoms with Crippen molar-refractivity contribution < 1.29 is 18.8 Å². The number of aromatic nitrogens is 1. The monoisotopic (exact) mass is 453 g/mol. The molecule has 1 aliphatic carbocycles. The molecule has 1 N–H and O–H groups in total. The minimum absolute atomic E-state index is 0.0295. The van der Waals surface area contributed by atoms with Gasteiger partial charge in [0.05, 0.1) is 22.3 Å². The molecule has 0 bridgehead atoms. The largest absolute Gasteiger partial charge is 0.454 e. The fourth-order valence-electron chi connectivity index (χ4n) is 5.42. The number of rotatable bonds is 3. The standard InChI is InChI=1S/C27H23N3O4/c1-15-5-4-10-30(13-15)20-12-19(28-16-8-9-21-22(11-16)33-14-32-21)23-24-25(20)29-34-27(24)18-7-3-2-6-17(18)26(23)31/h2-3,6-9,11-12,15,28H,4-5,10,13-14H2,1H3/t15-/m0/s1. The first-order chi connectivity index (χ1) is 16.7. The van der Waals surface area contributed by atoms with E-state index < -0.39 is 0 Å². The lowest BCUT2D eigenvalue weighted by molar-refractivity contribution is 0.104. The van der Waals surface area contributed by atoms with Crippen LogP contribution in [-0.2, 0) is 0 Å². The summed E-state index contributed by atoms with van der Waals surface area (Å²) in [5.74, 6) is 2.62. The van der Waals surface area contributed by atoms with Crippen LogP contribution in [-0.4, -0.2) is 30.8 Å². The fraction of sp³-hybridized carbons (Fsp3) is 0.259. The zero-order valence-corrected chi connectivity index (χ0v) is 18.8. The summed E-state index contributed by atoms with van der Waals surface area (Å²) in [5.41, 5.74) is 5.32. The summed E-state index contributed by atoms with van der Waals surface area (Å²) in [6, 6.07) is 15.3. The highest BCUT2D eigenvalue weighted by atomic mass is 16.7. The summed E-state index contributed by atoms with van der Waals surface area (Å²) in [4.78, 5) is 16.1. The highest BCUT2D eigenvalue weighted by Gasteiger charge is 2.34. The number of anilines is 3. The molecule has 34 heavy (non-hydrogen) atoms. The third kappa shape index (κ3) is 2.83. The number of carbonyl (C=O) groups excluding carboxylic acids is 1. The maximum absolute atomic E-state index is 13.8. The number of carbonyl (C=O) groups is 1. The molecule has 7 nitrogen and oxygen atoms in total. The van der Waals surface area contributed by atoms with Crippen LogP contribution < -0.4 is 19.7 Å². The van der Waals surface area contributed by atoms with Crippen LogP contribution in [0.1, 0.15) is 35.7 Å². The van der Waals surface area contributed by atoms with Gasteiger partial charge in [-0.1, -0.05) is 36.3 Å². The molecular formula is C27H23N3O4. The van der Waals surface area contributed by atoms with Crippen LogP contribution in [0.25, 0.3) is 22.2 Å². The van der Waals surface area contributed by atoms with E-state index in [1.54, 1.807) is 0 Å². The molecule has 3 aliphatic rings. The molecule has 0 unspecified atom stereocenters. The maximum atomic E-state index is 13.8. The van der Waals surface area contributed by atoms with Gasteiger partial charge >= 0.3 is 0 Å². The lowest BCUT2D eigenvalue weighted by Crippen LogP contribution is -2.34. The Bertz CT molecular complexity index is 1470. The first-order valence-electron chi connectivity index (χ1n) is 11.7. The molecule has 7 rings (SSSR count). The van der Waals surface area contributed by atoms with Crippen LogP contribution in [0.15, 0.2) is 53.1 Å². The summed E-state index contributed by atoms with van der Waals surface area (Å²) in [7, 11) is 0. The summed E-state index contributed by atoms with van der Waals surface area (Å²) in [6.07, 6.45) is 2.35. The molecule has 1 aromatic heterocycles. The Balaban J connectivity index is 1.45. The molecule has 0 saturated carbocycles. The zero-order valence-electron chi connectivity index (χ0n) is 18.8. The van der Waals surface area contributed by atoms with Gasteiger partial charge in [0.2, 0.25) is 6.79 Å². The van der Waals surface area contributed by atoms with Crippen molar-refractivity contribution in [1.29, 1.82) is 0 Å². The third-order valence-corrected chi connectivity index (χ3v) is 7.03. The van der Waals surface area contributed by atoms with Crippen molar-refractivity contribution in [1.82, 2.24) is 5.16 Å². The van der Waals surface area contributed by atoms with Gasteiger partial charge in [-0.3, -0.25) is 4.79 Å². The number of hydrogen-bond acceptors (Lipinski definition) is 7. The van der Waals surface area contributed by atoms with Gasteiger partial charge in [0.15, 0.2) is 23.0 Å². The number of hydrogen-bond donors (Lipinski definition) is 1. The lowest BCUT2D eigenvalue weighted by atomic mass is 9.86. The number of nitrogens with one attached hydrogen (secondary N) is 1. The minimum atomic E-state index is -0.0295. The average molecular weight is 453 g/mol. The second-order valence-corrected chi connectivity index (χ2v) is 9.31. The summed E-state index contributed by atoms with van der Waals surface area (Å²) >= 11 is 0. The van der Waals surface area contributed by atoms with Gasteiger partial charge in [0.1, 0.15) is 5.52 Å². The number of fused-ring (bicyclic) bond motifs is 3. The fourth-order valence-corrected chi connectivity index (χ4v) is 5.42. The Kier molecular flexibility index (Phi) is 4.15. The van der Waals surface area contributed by atoms with Gasteiger partial charge in [-0.25, -0.2) is 0 Å². The molecule has 2 aliphatic heterocycles. The molecule has 170 valence electrons. The molecule has 1 atom stereocenters. The minimum Gasteiger partial charge on any atom is -0.454 e. The van der Waals surface area contributed by atoms with Crippen molar-refractivity contribution in [3.8, 4) is 22.8 Å². The summed E-state index contributed by atoms with van der Waals surface area (Å²) < 4.78 is 16.9. The number of piperidine rings is 1. The van der Waals surface area contributed by atoms with Crippen molar-refractivity contribution in [2.45, 2.75) is 19.8 Å². The molecular weight excluding hydrogens is 430 g/mol. The topological polar surface area (TPSA) is 76.8 Å². The molecule has 7 heteroatoms. The molecule has 0 amide bonds. The SMILES string of the molecule is C[C@H]1CCCN(c2cc(Nc3ccc4c(c3)OCO4)c3c4c(onc24)-c2ccccc2C3=O)C1. The predicted octanol–water partition coefficient (Wildman–Crippen LogP) is 5.75. The Morgan fingerprint density at radius 3 is 2.79 bits per heavy atom. The second-order valence-electron chi connectivity index (χ2n) is 9.31. The molecule has 0 radical (unpaired) electrons. The van der Waals surface area contributed by atoms with E-state index in [0.29, 0.717) is 28.6 Å². The van der Waals surface area contributed by atoms with Crippen LogP contribution in [0.2, 0.25) is 0 Å². The van der Waals surface area contributed by atoms with E-state index in [9.17, 15) is 4.79 Å². The normalized spacial score (nSPS) is 18.3. The maximum Gasteiger partial charge on any atom is 0.231 e. The van der Waals surface area contributed by atoms with E-state index in [0.717, 1.165) is 58.8 Å². The van der Waals surface area contributed by atoms with Crippen LogP contribution >= 0.6 is 0 Å². The zero-order chi connectivity index (χ0) is 22.8. The van der Waals surface area contributed by atoms with E-state index in [2.05, 4.69) is 28.4 Å². The quantitative estimate of drug-likeness (QED) is 0.373. The third-order valence-electron chi connectivity index (χ3n) is 7.03. The average Bonchev–Trinajstić information content (AvgIpc) is 3.50. The van der Waals surface area contributed by atoms with Crippen molar-refractivity contribution in [3.63, 3.8) is 0 Å². The Morgan fingerprint density at radius 1 is 1.06 bits per heavy atom. The van der Waals surface area contributed by atoms with Crippen LogP contribution in [0.4, 0.5) is 17.1 Å². The van der Waals surface area contributed by atoms with Crippen molar-refractivity contribution in [3.05, 3.63) is 59.7 Å². The van der Waals surface area contributed by atoms with E-state index >= 15 is 0 Å². The molecule has 1 fully saturated rings. The van der Waals surface area contributed by atoms with Gasteiger partial charge < -0.3 is 24.2 Å². The molecule has 1 saturated heterocycles. The van der Waals surface area contributed by atoms with E-state index in [4.69, 9.17) is 14.0 Å². The Labute approximate surface area is 196 Å². The van der Waals surface area contributed by atoms with Crippen molar-refractivity contribution in [2.75, 3.05) is 30.1 Å². The van der Waals surface area contributed by atoms with Crippen molar-refractivity contribution in [2.24, 2.45) is 5.92 Å². The number of benzene rings is 3. The van der Waals surface area contributed by atoms with E-state index in [1.165, 1.54) is 6.42 Å². The van der Waals surface area contributed by atoms with Crippen LogP contribution in [0.3, 0.4) is 0 Å². The van der Waals surface area contributed by atoms with Gasteiger partial charge in [0.25, 0.3) is 0 Å². The van der Waals surface area contributed by atoms with Crippen molar-refractivity contribution >= 4 is 33.7 Å². The smallest absolute Gasteiger partial charge is 0.231 e. The van der Waals surface area contributed by atoms with Gasteiger partial charge in [0, 0.05) is 36.0 Å². The Hall–Kier alpha value is -4.00. The highest BCUT2D eigenvalue weighted by molar-refractivity contribution is 6.28. The number of ether oxygens (including phenoxy) is 2. The summed E-state index contributed by atoms with van der Waals surface area (Å²) in [5, 5.41) is 8.76. The lowest BCUT2D eigenvalue weighted by Gasteiger charge is -2.33. The first kappa shape index (κ1) is 19.5. The molecule has 0 spiro atoms.